The van der Waals surface area contributed by atoms with E-state index in [0.717, 1.165) is 23.6 Å². The van der Waals surface area contributed by atoms with Crippen LogP contribution in [0.5, 0.6) is 0 Å². The van der Waals surface area contributed by atoms with Crippen molar-refractivity contribution < 1.29 is 8.81 Å². The summed E-state index contributed by atoms with van der Waals surface area (Å²) in [6.07, 6.45) is 5.73. The highest BCUT2D eigenvalue weighted by Gasteiger charge is 2.07. The van der Waals surface area contributed by atoms with Crippen LogP contribution in [0.15, 0.2) is 39.9 Å². The maximum absolute atomic E-state index is 13.0. The van der Waals surface area contributed by atoms with E-state index in [0.29, 0.717) is 30.9 Å². The largest absolute Gasteiger partial charge is 0.444 e. The summed E-state index contributed by atoms with van der Waals surface area (Å²) in [4.78, 5) is 8.75. The lowest BCUT2D eigenvalue weighted by Gasteiger charge is -2.14. The third-order valence-corrected chi connectivity index (χ3v) is 4.11. The minimum atomic E-state index is -0.281. The van der Waals surface area contributed by atoms with Crippen molar-refractivity contribution in [2.75, 3.05) is 6.54 Å². The van der Waals surface area contributed by atoms with Gasteiger partial charge in [0.2, 0.25) is 5.89 Å². The summed E-state index contributed by atoms with van der Waals surface area (Å²) in [5.41, 5.74) is 7.49. The highest BCUT2D eigenvalue weighted by Crippen LogP contribution is 2.19. The maximum Gasteiger partial charge on any atom is 0.226 e. The van der Waals surface area contributed by atoms with Gasteiger partial charge >= 0.3 is 0 Å². The first-order chi connectivity index (χ1) is 12.4. The van der Waals surface area contributed by atoms with Crippen molar-refractivity contribution in [2.24, 2.45) is 16.6 Å². The summed E-state index contributed by atoms with van der Waals surface area (Å²) in [5.74, 6) is 1.39. The molecule has 0 saturated heterocycles. The van der Waals surface area contributed by atoms with E-state index in [9.17, 15) is 4.39 Å². The molecule has 0 fully saturated rings. The van der Waals surface area contributed by atoms with Crippen molar-refractivity contribution in [3.8, 4) is 11.5 Å². The molecule has 1 aromatic carbocycles. The fourth-order valence-electron chi connectivity index (χ4n) is 2.64. The fourth-order valence-corrected chi connectivity index (χ4v) is 2.64. The van der Waals surface area contributed by atoms with Crippen LogP contribution in [0.3, 0.4) is 0 Å². The molecule has 1 atom stereocenters. The van der Waals surface area contributed by atoms with Crippen LogP contribution in [0.4, 0.5) is 4.39 Å². The number of hydrogen-bond acceptors (Lipinski definition) is 3. The Balaban J connectivity index is 1.76. The Labute approximate surface area is 154 Å². The minimum Gasteiger partial charge on any atom is -0.444 e. The number of benzene rings is 1. The number of hydrogen-bond donors (Lipinski definition) is 2. The number of nitrogens with two attached hydrogens (primary N) is 1. The molecule has 0 radical (unpaired) electrons. The van der Waals surface area contributed by atoms with E-state index < -0.39 is 0 Å². The van der Waals surface area contributed by atoms with Gasteiger partial charge in [-0.2, -0.15) is 0 Å². The molecule has 3 N–H and O–H groups in total. The minimum absolute atomic E-state index is 0.281. The number of guanidine groups is 1. The average Bonchev–Trinajstić information content (AvgIpc) is 3.04. The van der Waals surface area contributed by atoms with Gasteiger partial charge in [-0.05, 0) is 43.5 Å². The molecule has 0 aliphatic heterocycles. The first-order valence-corrected chi connectivity index (χ1v) is 9.21. The Kier molecular flexibility index (Phi) is 7.63. The molecular formula is C20H29FN4O. The van der Waals surface area contributed by atoms with Crippen LogP contribution in [-0.2, 0) is 6.42 Å². The summed E-state index contributed by atoms with van der Waals surface area (Å²) in [6.45, 7) is 7.13. The Morgan fingerprint density at radius 1 is 1.23 bits per heavy atom. The molecule has 0 spiro atoms. The Hall–Kier alpha value is -2.37. The molecule has 0 bridgehead atoms. The van der Waals surface area contributed by atoms with Crippen LogP contribution in [0.2, 0.25) is 0 Å². The number of aliphatic imine (C=N–C) groups is 1. The first-order valence-electron chi connectivity index (χ1n) is 9.21. The second kappa shape index (κ2) is 9.94. The normalized spacial score (nSPS) is 13.2. The Morgan fingerprint density at radius 2 is 1.96 bits per heavy atom. The second-order valence-corrected chi connectivity index (χ2v) is 7.04. The predicted molar refractivity (Wildman–Crippen MR) is 103 cm³/mol. The van der Waals surface area contributed by atoms with Gasteiger partial charge in [-0.1, -0.05) is 26.7 Å². The summed E-state index contributed by atoms with van der Waals surface area (Å²) in [6, 6.07) is 6.38. The van der Waals surface area contributed by atoms with E-state index >= 15 is 0 Å². The van der Waals surface area contributed by atoms with Crippen LogP contribution in [0, 0.1) is 11.7 Å². The molecule has 1 unspecified atom stereocenters. The SMILES string of the molecule is CC(C)CCCC(C)NC(N)=NCCc1coc(-c2ccc(F)cc2)n1. The number of oxazole rings is 1. The molecule has 2 rings (SSSR count). The van der Waals surface area contributed by atoms with E-state index in [1.807, 2.05) is 0 Å². The summed E-state index contributed by atoms with van der Waals surface area (Å²) >= 11 is 0. The number of nitrogens with one attached hydrogen (secondary N) is 1. The summed E-state index contributed by atoms with van der Waals surface area (Å²) < 4.78 is 18.4. The Bertz CT molecular complexity index is 694. The smallest absolute Gasteiger partial charge is 0.226 e. The molecule has 6 heteroatoms. The van der Waals surface area contributed by atoms with Crippen molar-refractivity contribution in [1.29, 1.82) is 0 Å². The van der Waals surface area contributed by atoms with Gasteiger partial charge in [0.05, 0.1) is 5.69 Å². The van der Waals surface area contributed by atoms with Crippen LogP contribution in [-0.4, -0.2) is 23.5 Å². The van der Waals surface area contributed by atoms with Crippen molar-refractivity contribution in [3.63, 3.8) is 0 Å². The molecule has 1 aromatic heterocycles. The summed E-state index contributed by atoms with van der Waals surface area (Å²) in [7, 11) is 0. The molecule has 1 heterocycles. The molecule has 0 aliphatic rings. The van der Waals surface area contributed by atoms with Gasteiger partial charge in [0.1, 0.15) is 12.1 Å². The lowest BCUT2D eigenvalue weighted by molar-refractivity contribution is 0.493. The van der Waals surface area contributed by atoms with Gasteiger partial charge in [0.15, 0.2) is 5.96 Å². The van der Waals surface area contributed by atoms with Crippen molar-refractivity contribution in [2.45, 2.75) is 52.5 Å². The van der Waals surface area contributed by atoms with Crippen molar-refractivity contribution in [1.82, 2.24) is 10.3 Å². The van der Waals surface area contributed by atoms with Crippen LogP contribution in [0.25, 0.3) is 11.5 Å². The van der Waals surface area contributed by atoms with E-state index in [2.05, 4.69) is 36.1 Å². The molecule has 0 saturated carbocycles. The molecular weight excluding hydrogens is 331 g/mol. The zero-order chi connectivity index (χ0) is 18.9. The lowest BCUT2D eigenvalue weighted by atomic mass is 10.0. The van der Waals surface area contributed by atoms with Gasteiger partial charge < -0.3 is 15.5 Å². The van der Waals surface area contributed by atoms with E-state index in [-0.39, 0.29) is 5.82 Å². The lowest BCUT2D eigenvalue weighted by Crippen LogP contribution is -2.38. The molecule has 26 heavy (non-hydrogen) atoms. The van der Waals surface area contributed by atoms with Crippen LogP contribution in [0.1, 0.15) is 45.7 Å². The van der Waals surface area contributed by atoms with Gasteiger partial charge in [-0.25, -0.2) is 9.37 Å². The zero-order valence-electron chi connectivity index (χ0n) is 15.8. The van der Waals surface area contributed by atoms with Gasteiger partial charge in [-0.3, -0.25) is 4.99 Å². The zero-order valence-corrected chi connectivity index (χ0v) is 15.8. The third-order valence-electron chi connectivity index (χ3n) is 4.11. The average molecular weight is 360 g/mol. The third kappa shape index (κ3) is 6.86. The predicted octanol–water partition coefficient (Wildman–Crippen LogP) is 4.14. The van der Waals surface area contributed by atoms with Gasteiger partial charge in [0, 0.05) is 24.6 Å². The maximum atomic E-state index is 13.0. The van der Waals surface area contributed by atoms with E-state index in [4.69, 9.17) is 10.2 Å². The van der Waals surface area contributed by atoms with E-state index in [1.54, 1.807) is 18.4 Å². The number of halogens is 1. The number of nitrogens with zero attached hydrogens (tertiary/aromatic N) is 2. The first kappa shape index (κ1) is 19.9. The molecule has 0 aliphatic carbocycles. The van der Waals surface area contributed by atoms with Crippen molar-refractivity contribution in [3.05, 3.63) is 42.0 Å². The number of rotatable bonds is 9. The van der Waals surface area contributed by atoms with Crippen molar-refractivity contribution >= 4 is 5.96 Å². The Morgan fingerprint density at radius 3 is 2.65 bits per heavy atom. The van der Waals surface area contributed by atoms with Crippen LogP contribution < -0.4 is 11.1 Å². The monoisotopic (exact) mass is 360 g/mol. The number of aromatic nitrogens is 1. The topological polar surface area (TPSA) is 76.4 Å². The highest BCUT2D eigenvalue weighted by atomic mass is 19.1. The highest BCUT2D eigenvalue weighted by molar-refractivity contribution is 5.78. The summed E-state index contributed by atoms with van der Waals surface area (Å²) in [5, 5.41) is 3.22. The molecule has 5 nitrogen and oxygen atoms in total. The fraction of sp³-hybridized carbons (Fsp3) is 0.500. The van der Waals surface area contributed by atoms with E-state index in [1.165, 1.54) is 25.0 Å². The second-order valence-electron chi connectivity index (χ2n) is 7.04. The van der Waals surface area contributed by atoms with Gasteiger partial charge in [0.25, 0.3) is 0 Å². The standard InChI is InChI=1S/C20H29FN4O/c1-14(2)5-4-6-15(3)24-20(22)23-12-11-18-13-26-19(25-18)16-7-9-17(21)10-8-16/h7-10,13-15H,4-6,11-12H2,1-3H3,(H3,22,23,24). The quantitative estimate of drug-likeness (QED) is 0.520. The van der Waals surface area contributed by atoms with Crippen LogP contribution >= 0.6 is 0 Å². The molecule has 142 valence electrons. The molecule has 0 amide bonds. The van der Waals surface area contributed by atoms with Gasteiger partial charge in [-0.15, -0.1) is 0 Å². The molecule has 2 aromatic rings.